The molecule has 0 bridgehead atoms. The van der Waals surface area contributed by atoms with E-state index in [0.29, 0.717) is 5.69 Å². The highest BCUT2D eigenvalue weighted by Gasteiger charge is 2.11. The molecule has 0 radical (unpaired) electrons. The van der Waals surface area contributed by atoms with Gasteiger partial charge in [-0.1, -0.05) is 13.8 Å². The predicted octanol–water partition coefficient (Wildman–Crippen LogP) is 1.42. The largest absolute Gasteiger partial charge is 0.257 e. The fraction of sp³-hybridized carbons (Fsp3) is 0.556. The lowest BCUT2D eigenvalue weighted by Gasteiger charge is -1.93. The molecule has 1 aromatic rings. The topological polar surface area (TPSA) is 41.6 Å². The molecule has 0 aromatic carbocycles. The highest BCUT2D eigenvalue weighted by Crippen LogP contribution is 2.13. The third-order valence-electron chi connectivity index (χ3n) is 2.02. The molecular formula is C9H13N3. The molecule has 0 aliphatic carbocycles. The SMILES string of the molecule is CCc1nn(C)c(C#N)c1CC. The smallest absolute Gasteiger partial charge is 0.141 e. The van der Waals surface area contributed by atoms with Crippen molar-refractivity contribution in [2.75, 3.05) is 0 Å². The van der Waals surface area contributed by atoms with Crippen LogP contribution < -0.4 is 0 Å². The van der Waals surface area contributed by atoms with Crippen LogP contribution in [-0.4, -0.2) is 9.78 Å². The van der Waals surface area contributed by atoms with Crippen LogP contribution in [-0.2, 0) is 19.9 Å². The van der Waals surface area contributed by atoms with Gasteiger partial charge in [0, 0.05) is 12.6 Å². The van der Waals surface area contributed by atoms with Crippen LogP contribution in [0.25, 0.3) is 0 Å². The maximum absolute atomic E-state index is 8.83. The number of hydrogen-bond acceptors (Lipinski definition) is 2. The van der Waals surface area contributed by atoms with Crippen LogP contribution in [0.1, 0.15) is 30.8 Å². The van der Waals surface area contributed by atoms with E-state index in [4.69, 9.17) is 5.26 Å². The van der Waals surface area contributed by atoms with Gasteiger partial charge in [0.15, 0.2) is 0 Å². The van der Waals surface area contributed by atoms with Crippen LogP contribution >= 0.6 is 0 Å². The monoisotopic (exact) mass is 163 g/mol. The fourth-order valence-corrected chi connectivity index (χ4v) is 1.42. The van der Waals surface area contributed by atoms with Gasteiger partial charge in [-0.25, -0.2) is 0 Å². The Kier molecular flexibility index (Phi) is 2.49. The number of nitrogens with zero attached hydrogens (tertiary/aromatic N) is 3. The van der Waals surface area contributed by atoms with Gasteiger partial charge >= 0.3 is 0 Å². The molecule has 0 saturated heterocycles. The van der Waals surface area contributed by atoms with Crippen LogP contribution in [0.5, 0.6) is 0 Å². The first-order valence-electron chi connectivity index (χ1n) is 4.19. The summed E-state index contributed by atoms with van der Waals surface area (Å²) in [7, 11) is 1.82. The summed E-state index contributed by atoms with van der Waals surface area (Å²) in [6.07, 6.45) is 1.79. The highest BCUT2D eigenvalue weighted by molar-refractivity contribution is 5.35. The van der Waals surface area contributed by atoms with Crippen molar-refractivity contribution in [2.45, 2.75) is 26.7 Å². The average molecular weight is 163 g/mol. The van der Waals surface area contributed by atoms with E-state index in [2.05, 4.69) is 25.0 Å². The molecule has 1 aromatic heterocycles. The van der Waals surface area contributed by atoms with Gasteiger partial charge in [-0.05, 0) is 12.8 Å². The first-order chi connectivity index (χ1) is 5.74. The van der Waals surface area contributed by atoms with Gasteiger partial charge in [-0.15, -0.1) is 0 Å². The number of aromatic nitrogens is 2. The first kappa shape index (κ1) is 8.79. The van der Waals surface area contributed by atoms with Crippen molar-refractivity contribution in [1.82, 2.24) is 9.78 Å². The quantitative estimate of drug-likeness (QED) is 0.661. The lowest BCUT2D eigenvalue weighted by molar-refractivity contribution is 0.736. The maximum Gasteiger partial charge on any atom is 0.141 e. The molecular weight excluding hydrogens is 150 g/mol. The zero-order valence-corrected chi connectivity index (χ0v) is 7.76. The number of aryl methyl sites for hydroxylation is 2. The van der Waals surface area contributed by atoms with Gasteiger partial charge in [-0.3, -0.25) is 4.68 Å². The minimum Gasteiger partial charge on any atom is -0.257 e. The van der Waals surface area contributed by atoms with Crippen molar-refractivity contribution >= 4 is 0 Å². The average Bonchev–Trinajstić information content (AvgIpc) is 2.40. The van der Waals surface area contributed by atoms with Crippen LogP contribution in [0.2, 0.25) is 0 Å². The number of nitriles is 1. The van der Waals surface area contributed by atoms with Crippen molar-refractivity contribution in [2.24, 2.45) is 7.05 Å². The van der Waals surface area contributed by atoms with Crippen molar-refractivity contribution in [1.29, 1.82) is 5.26 Å². The molecule has 0 atom stereocenters. The molecule has 1 heterocycles. The summed E-state index contributed by atoms with van der Waals surface area (Å²) in [6.45, 7) is 4.11. The van der Waals surface area contributed by atoms with Gasteiger partial charge in [-0.2, -0.15) is 10.4 Å². The molecule has 0 unspecified atom stereocenters. The number of hydrogen-bond donors (Lipinski definition) is 0. The van der Waals surface area contributed by atoms with Gasteiger partial charge in [0.2, 0.25) is 0 Å². The van der Waals surface area contributed by atoms with E-state index in [1.807, 2.05) is 7.05 Å². The van der Waals surface area contributed by atoms with E-state index in [1.54, 1.807) is 4.68 Å². The summed E-state index contributed by atoms with van der Waals surface area (Å²) in [5, 5.41) is 13.1. The molecule has 3 heteroatoms. The van der Waals surface area contributed by atoms with E-state index >= 15 is 0 Å². The fourth-order valence-electron chi connectivity index (χ4n) is 1.42. The third-order valence-corrected chi connectivity index (χ3v) is 2.02. The molecule has 1 rings (SSSR count). The van der Waals surface area contributed by atoms with Crippen molar-refractivity contribution in [3.8, 4) is 6.07 Å². The maximum atomic E-state index is 8.83. The summed E-state index contributed by atoms with van der Waals surface area (Å²) in [6, 6.07) is 2.17. The molecule has 0 amide bonds. The van der Waals surface area contributed by atoms with Gasteiger partial charge in [0.05, 0.1) is 5.69 Å². The summed E-state index contributed by atoms with van der Waals surface area (Å²) >= 11 is 0. The second-order valence-electron chi connectivity index (χ2n) is 2.72. The van der Waals surface area contributed by atoms with Gasteiger partial charge in [0.25, 0.3) is 0 Å². The zero-order chi connectivity index (χ0) is 9.14. The minimum atomic E-state index is 0.703. The van der Waals surface area contributed by atoms with E-state index in [9.17, 15) is 0 Å². The normalized spacial score (nSPS) is 9.83. The Morgan fingerprint density at radius 1 is 1.42 bits per heavy atom. The van der Waals surface area contributed by atoms with Crippen LogP contribution in [0.15, 0.2) is 0 Å². The van der Waals surface area contributed by atoms with Gasteiger partial charge < -0.3 is 0 Å². The molecule has 0 saturated carbocycles. The Bertz CT molecular complexity index is 317. The molecule has 12 heavy (non-hydrogen) atoms. The summed E-state index contributed by atoms with van der Waals surface area (Å²) in [5.41, 5.74) is 2.86. The second kappa shape index (κ2) is 3.40. The molecule has 0 N–H and O–H groups in total. The van der Waals surface area contributed by atoms with Gasteiger partial charge in [0.1, 0.15) is 11.8 Å². The van der Waals surface area contributed by atoms with Crippen LogP contribution in [0.3, 0.4) is 0 Å². The van der Waals surface area contributed by atoms with Crippen molar-refractivity contribution in [3.63, 3.8) is 0 Å². The Labute approximate surface area is 72.6 Å². The zero-order valence-electron chi connectivity index (χ0n) is 7.76. The molecule has 3 nitrogen and oxygen atoms in total. The van der Waals surface area contributed by atoms with E-state index in [1.165, 1.54) is 0 Å². The van der Waals surface area contributed by atoms with Crippen molar-refractivity contribution < 1.29 is 0 Å². The number of rotatable bonds is 2. The van der Waals surface area contributed by atoms with E-state index < -0.39 is 0 Å². The van der Waals surface area contributed by atoms with E-state index in [0.717, 1.165) is 24.1 Å². The third kappa shape index (κ3) is 1.20. The Morgan fingerprint density at radius 3 is 2.50 bits per heavy atom. The van der Waals surface area contributed by atoms with Crippen LogP contribution in [0, 0.1) is 11.3 Å². The minimum absolute atomic E-state index is 0.703. The lowest BCUT2D eigenvalue weighted by atomic mass is 10.1. The Balaban J connectivity index is 3.28. The standard InChI is InChI=1S/C9H13N3/c1-4-7-8(5-2)11-12(3)9(7)6-10/h4-5H2,1-3H3. The van der Waals surface area contributed by atoms with Crippen molar-refractivity contribution in [3.05, 3.63) is 17.0 Å². The first-order valence-corrected chi connectivity index (χ1v) is 4.19. The summed E-state index contributed by atoms with van der Waals surface area (Å²) in [5.74, 6) is 0. The Hall–Kier alpha value is -1.30. The molecule has 0 aliphatic heterocycles. The molecule has 0 spiro atoms. The second-order valence-corrected chi connectivity index (χ2v) is 2.72. The van der Waals surface area contributed by atoms with Crippen LogP contribution in [0.4, 0.5) is 0 Å². The summed E-state index contributed by atoms with van der Waals surface area (Å²) in [4.78, 5) is 0. The molecule has 0 fully saturated rings. The Morgan fingerprint density at radius 2 is 2.08 bits per heavy atom. The predicted molar refractivity (Wildman–Crippen MR) is 46.7 cm³/mol. The molecule has 64 valence electrons. The lowest BCUT2D eigenvalue weighted by Crippen LogP contribution is -1.94. The molecule has 0 aliphatic rings. The van der Waals surface area contributed by atoms with E-state index in [-0.39, 0.29) is 0 Å². The summed E-state index contributed by atoms with van der Waals surface area (Å²) < 4.78 is 1.66. The highest BCUT2D eigenvalue weighted by atomic mass is 15.3.